The second-order valence-corrected chi connectivity index (χ2v) is 3.70. The van der Waals surface area contributed by atoms with Crippen molar-refractivity contribution in [3.05, 3.63) is 0 Å². The third-order valence-corrected chi connectivity index (χ3v) is 2.30. The van der Waals surface area contributed by atoms with E-state index in [4.69, 9.17) is 15.6 Å². The number of ether oxygens (including phenoxy) is 1. The lowest BCUT2D eigenvalue weighted by molar-refractivity contribution is -0.149. The summed E-state index contributed by atoms with van der Waals surface area (Å²) in [7, 11) is 0. The van der Waals surface area contributed by atoms with Crippen LogP contribution >= 0.6 is 0 Å². The molecule has 1 fully saturated rings. The molecule has 3 atom stereocenters. The summed E-state index contributed by atoms with van der Waals surface area (Å²) < 4.78 is 5.20. The van der Waals surface area contributed by atoms with Gasteiger partial charge in [0.1, 0.15) is 0 Å². The first kappa shape index (κ1) is 11.9. The Morgan fingerprint density at radius 1 is 1.60 bits per heavy atom. The molecule has 0 aromatic heterocycles. The lowest BCUT2D eigenvalue weighted by Gasteiger charge is -2.13. The number of carbonyl (C=O) groups excluding carboxylic acids is 1. The SMILES string of the molecule is C[C@@H](N)C(=O)NCC1CCC(C(=O)O)O1. The van der Waals surface area contributed by atoms with E-state index < -0.39 is 18.1 Å². The summed E-state index contributed by atoms with van der Waals surface area (Å²) in [6, 6.07) is -0.554. The summed E-state index contributed by atoms with van der Waals surface area (Å²) in [6.07, 6.45) is 0.195. The van der Waals surface area contributed by atoms with Gasteiger partial charge < -0.3 is 20.9 Å². The van der Waals surface area contributed by atoms with Crippen LogP contribution in [0.15, 0.2) is 0 Å². The number of carbonyl (C=O) groups is 2. The highest BCUT2D eigenvalue weighted by atomic mass is 16.5. The van der Waals surface area contributed by atoms with Crippen LogP contribution in [-0.4, -0.2) is 41.8 Å². The molecule has 0 bridgehead atoms. The highest BCUT2D eigenvalue weighted by Gasteiger charge is 2.30. The van der Waals surface area contributed by atoms with Crippen molar-refractivity contribution >= 4 is 11.9 Å². The van der Waals surface area contributed by atoms with Gasteiger partial charge >= 0.3 is 5.97 Å². The van der Waals surface area contributed by atoms with E-state index in [0.717, 1.165) is 0 Å². The minimum Gasteiger partial charge on any atom is -0.479 e. The molecule has 6 nitrogen and oxygen atoms in total. The van der Waals surface area contributed by atoms with E-state index in [2.05, 4.69) is 5.32 Å². The van der Waals surface area contributed by atoms with E-state index in [1.165, 1.54) is 0 Å². The van der Waals surface area contributed by atoms with Gasteiger partial charge in [0.15, 0.2) is 6.10 Å². The van der Waals surface area contributed by atoms with E-state index >= 15 is 0 Å². The van der Waals surface area contributed by atoms with Crippen LogP contribution in [0.2, 0.25) is 0 Å². The smallest absolute Gasteiger partial charge is 0.332 e. The molecule has 1 heterocycles. The lowest BCUT2D eigenvalue weighted by atomic mass is 10.2. The molecule has 0 aromatic rings. The van der Waals surface area contributed by atoms with Gasteiger partial charge in [-0.05, 0) is 19.8 Å². The maximum Gasteiger partial charge on any atom is 0.332 e. The molecule has 1 amide bonds. The molecule has 86 valence electrons. The molecular weight excluding hydrogens is 200 g/mol. The maximum absolute atomic E-state index is 11.1. The first-order valence-corrected chi connectivity index (χ1v) is 4.92. The highest BCUT2D eigenvalue weighted by molar-refractivity contribution is 5.81. The van der Waals surface area contributed by atoms with Gasteiger partial charge in [-0.2, -0.15) is 0 Å². The number of hydrogen-bond acceptors (Lipinski definition) is 4. The van der Waals surface area contributed by atoms with Crippen molar-refractivity contribution in [2.75, 3.05) is 6.54 Å². The fourth-order valence-corrected chi connectivity index (χ4v) is 1.41. The third kappa shape index (κ3) is 3.49. The van der Waals surface area contributed by atoms with E-state index in [1.54, 1.807) is 6.92 Å². The van der Waals surface area contributed by atoms with E-state index in [9.17, 15) is 9.59 Å². The Hall–Kier alpha value is -1.14. The van der Waals surface area contributed by atoms with Crippen LogP contribution in [0.4, 0.5) is 0 Å². The monoisotopic (exact) mass is 216 g/mol. The number of carboxylic acid groups (broad SMARTS) is 1. The molecule has 0 aromatic carbocycles. The zero-order chi connectivity index (χ0) is 11.4. The summed E-state index contributed by atoms with van der Waals surface area (Å²) in [5.74, 6) is -1.20. The molecule has 15 heavy (non-hydrogen) atoms. The van der Waals surface area contributed by atoms with Gasteiger partial charge in [0.05, 0.1) is 12.1 Å². The molecule has 0 spiro atoms. The molecule has 2 unspecified atom stereocenters. The summed E-state index contributed by atoms with van der Waals surface area (Å²) in [5, 5.41) is 11.3. The first-order valence-electron chi connectivity index (χ1n) is 4.92. The lowest BCUT2D eigenvalue weighted by Crippen LogP contribution is -2.41. The van der Waals surface area contributed by atoms with Crippen LogP contribution in [0.1, 0.15) is 19.8 Å². The highest BCUT2D eigenvalue weighted by Crippen LogP contribution is 2.19. The molecule has 6 heteroatoms. The van der Waals surface area contributed by atoms with Gasteiger partial charge in [-0.1, -0.05) is 0 Å². The Kier molecular flexibility index (Phi) is 4.05. The van der Waals surface area contributed by atoms with Gasteiger partial charge in [0, 0.05) is 6.54 Å². The van der Waals surface area contributed by atoms with Crippen molar-refractivity contribution in [3.8, 4) is 0 Å². The molecule has 1 aliphatic rings. The maximum atomic E-state index is 11.1. The second-order valence-electron chi connectivity index (χ2n) is 3.70. The molecule has 0 radical (unpaired) electrons. The second kappa shape index (κ2) is 5.09. The number of rotatable bonds is 4. The zero-order valence-electron chi connectivity index (χ0n) is 8.60. The van der Waals surface area contributed by atoms with Crippen LogP contribution < -0.4 is 11.1 Å². The quantitative estimate of drug-likeness (QED) is 0.564. The van der Waals surface area contributed by atoms with Crippen molar-refractivity contribution < 1.29 is 19.4 Å². The van der Waals surface area contributed by atoms with Gasteiger partial charge in [0.25, 0.3) is 0 Å². The molecule has 0 aliphatic carbocycles. The average Bonchev–Trinajstić information content (AvgIpc) is 2.62. The van der Waals surface area contributed by atoms with Gasteiger partial charge in [-0.3, -0.25) is 4.79 Å². The molecule has 1 saturated heterocycles. The fraction of sp³-hybridized carbons (Fsp3) is 0.778. The van der Waals surface area contributed by atoms with Gasteiger partial charge in [0.2, 0.25) is 5.91 Å². The fourth-order valence-electron chi connectivity index (χ4n) is 1.41. The molecule has 0 saturated carbocycles. The minimum absolute atomic E-state index is 0.214. The molecule has 1 rings (SSSR count). The zero-order valence-corrected chi connectivity index (χ0v) is 8.60. The summed E-state index contributed by atoms with van der Waals surface area (Å²) >= 11 is 0. The Balaban J connectivity index is 2.25. The largest absolute Gasteiger partial charge is 0.479 e. The normalized spacial score (nSPS) is 27.3. The molecule has 1 aliphatic heterocycles. The summed E-state index contributed by atoms with van der Waals surface area (Å²) in [5.41, 5.74) is 5.35. The van der Waals surface area contributed by atoms with E-state index in [0.29, 0.717) is 19.4 Å². The van der Waals surface area contributed by atoms with Crippen LogP contribution in [0.5, 0.6) is 0 Å². The van der Waals surface area contributed by atoms with Crippen molar-refractivity contribution in [2.45, 2.75) is 38.0 Å². The number of amides is 1. The Morgan fingerprint density at radius 3 is 2.73 bits per heavy atom. The van der Waals surface area contributed by atoms with Gasteiger partial charge in [-0.25, -0.2) is 4.79 Å². The summed E-state index contributed by atoms with van der Waals surface area (Å²) in [4.78, 5) is 21.7. The van der Waals surface area contributed by atoms with Crippen molar-refractivity contribution in [1.29, 1.82) is 0 Å². The van der Waals surface area contributed by atoms with Crippen LogP contribution in [0.3, 0.4) is 0 Å². The topological polar surface area (TPSA) is 102 Å². The van der Waals surface area contributed by atoms with Crippen LogP contribution in [-0.2, 0) is 14.3 Å². The Labute approximate surface area is 87.8 Å². The number of hydrogen-bond donors (Lipinski definition) is 3. The Bertz CT molecular complexity index is 254. The average molecular weight is 216 g/mol. The number of nitrogens with one attached hydrogen (secondary N) is 1. The van der Waals surface area contributed by atoms with Gasteiger partial charge in [-0.15, -0.1) is 0 Å². The van der Waals surface area contributed by atoms with Crippen molar-refractivity contribution in [1.82, 2.24) is 5.32 Å². The minimum atomic E-state index is -0.948. The third-order valence-electron chi connectivity index (χ3n) is 2.30. The first-order chi connectivity index (χ1) is 7.00. The van der Waals surface area contributed by atoms with Crippen LogP contribution in [0, 0.1) is 0 Å². The van der Waals surface area contributed by atoms with Crippen LogP contribution in [0.25, 0.3) is 0 Å². The number of carboxylic acids is 1. The van der Waals surface area contributed by atoms with Crippen molar-refractivity contribution in [2.24, 2.45) is 5.73 Å². The summed E-state index contributed by atoms with van der Waals surface area (Å²) in [6.45, 7) is 1.91. The molecular formula is C9H16N2O4. The Morgan fingerprint density at radius 2 is 2.27 bits per heavy atom. The van der Waals surface area contributed by atoms with E-state index in [-0.39, 0.29) is 12.0 Å². The number of aliphatic carboxylic acids is 1. The van der Waals surface area contributed by atoms with Crippen molar-refractivity contribution in [3.63, 3.8) is 0 Å². The number of nitrogens with two attached hydrogens (primary N) is 1. The predicted molar refractivity (Wildman–Crippen MR) is 52.2 cm³/mol. The predicted octanol–water partition coefficient (Wildman–Crippen LogP) is -0.918. The van der Waals surface area contributed by atoms with E-state index in [1.807, 2.05) is 0 Å². The standard InChI is InChI=1S/C9H16N2O4/c1-5(10)8(12)11-4-6-2-3-7(15-6)9(13)14/h5-7H,2-4,10H2,1H3,(H,11,12)(H,13,14)/t5-,6?,7?/m1/s1. The molecule has 4 N–H and O–H groups in total.